The van der Waals surface area contributed by atoms with Gasteiger partial charge in [0.15, 0.2) is 0 Å². The van der Waals surface area contributed by atoms with Crippen molar-refractivity contribution < 1.29 is 13.5 Å². The van der Waals surface area contributed by atoms with Crippen molar-refractivity contribution in [3.63, 3.8) is 0 Å². The van der Waals surface area contributed by atoms with Gasteiger partial charge in [-0.1, -0.05) is 35.0 Å². The lowest BCUT2D eigenvalue weighted by Crippen LogP contribution is -2.24. The molecule has 0 aliphatic heterocycles. The van der Waals surface area contributed by atoms with Crippen LogP contribution in [-0.4, -0.2) is 13.7 Å². The summed E-state index contributed by atoms with van der Waals surface area (Å²) in [5, 5.41) is 3.12. The molecule has 0 saturated heterocycles. The van der Waals surface area contributed by atoms with Gasteiger partial charge in [-0.25, -0.2) is 8.78 Å². The molecule has 0 aliphatic carbocycles. The number of halogens is 3. The van der Waals surface area contributed by atoms with E-state index in [0.717, 1.165) is 0 Å². The molecular weight excluding hydrogens is 340 g/mol. The van der Waals surface area contributed by atoms with E-state index in [1.165, 1.54) is 19.2 Å². The minimum Gasteiger partial charge on any atom is -0.497 e. The van der Waals surface area contributed by atoms with Crippen molar-refractivity contribution in [1.29, 1.82) is 0 Å². The molecule has 0 amide bonds. The van der Waals surface area contributed by atoms with E-state index in [2.05, 4.69) is 21.2 Å². The largest absolute Gasteiger partial charge is 0.497 e. The normalized spacial score (nSPS) is 12.2. The van der Waals surface area contributed by atoms with Crippen LogP contribution in [0.1, 0.15) is 24.1 Å². The fourth-order valence-electron chi connectivity index (χ4n) is 2.20. The third-order valence-electron chi connectivity index (χ3n) is 3.20. The summed E-state index contributed by atoms with van der Waals surface area (Å²) in [6, 6.07) is 8.80. The molecule has 0 aliphatic rings. The molecule has 0 heterocycles. The van der Waals surface area contributed by atoms with E-state index >= 15 is 0 Å². The van der Waals surface area contributed by atoms with Crippen molar-refractivity contribution in [3.05, 3.63) is 63.6 Å². The van der Waals surface area contributed by atoms with Crippen molar-refractivity contribution in [2.75, 3.05) is 13.7 Å². The molecule has 2 aromatic carbocycles. The molecule has 0 radical (unpaired) electrons. The Morgan fingerprint density at radius 1 is 1.10 bits per heavy atom. The van der Waals surface area contributed by atoms with E-state index in [0.29, 0.717) is 27.9 Å². The third-order valence-corrected chi connectivity index (χ3v) is 3.69. The van der Waals surface area contributed by atoms with Crippen molar-refractivity contribution in [2.24, 2.45) is 0 Å². The van der Waals surface area contributed by atoms with Gasteiger partial charge in [-0.05, 0) is 24.7 Å². The van der Waals surface area contributed by atoms with Gasteiger partial charge in [-0.15, -0.1) is 0 Å². The highest BCUT2D eigenvalue weighted by Crippen LogP contribution is 2.29. The molecule has 2 aromatic rings. The maximum atomic E-state index is 14.3. The van der Waals surface area contributed by atoms with Gasteiger partial charge in [0.1, 0.15) is 17.4 Å². The van der Waals surface area contributed by atoms with Crippen LogP contribution in [0.25, 0.3) is 0 Å². The summed E-state index contributed by atoms with van der Waals surface area (Å²) in [6.45, 7) is 2.48. The van der Waals surface area contributed by atoms with E-state index in [9.17, 15) is 8.78 Å². The van der Waals surface area contributed by atoms with Crippen LogP contribution in [0.3, 0.4) is 0 Å². The zero-order valence-electron chi connectivity index (χ0n) is 11.8. The van der Waals surface area contributed by atoms with Crippen molar-refractivity contribution >= 4 is 15.9 Å². The van der Waals surface area contributed by atoms with E-state index in [4.69, 9.17) is 4.74 Å². The standard InChI is InChI=1S/C16H16BrF2NO/c1-3-20-16(12-6-4-10(17)8-14(12)18)13-7-5-11(21-2)9-15(13)19/h4-9,16,20H,3H2,1-2H3. The Labute approximate surface area is 131 Å². The van der Waals surface area contributed by atoms with Crippen molar-refractivity contribution in [2.45, 2.75) is 13.0 Å². The maximum absolute atomic E-state index is 14.3. The van der Waals surface area contributed by atoms with E-state index in [1.807, 2.05) is 6.92 Å². The molecule has 0 saturated carbocycles. The average Bonchev–Trinajstić information content (AvgIpc) is 2.46. The summed E-state index contributed by atoms with van der Waals surface area (Å²) >= 11 is 3.22. The predicted octanol–water partition coefficient (Wildman–Crippen LogP) is 4.43. The van der Waals surface area contributed by atoms with Crippen molar-refractivity contribution in [3.8, 4) is 5.75 Å². The summed E-state index contributed by atoms with van der Waals surface area (Å²) in [5.41, 5.74) is 0.794. The molecule has 1 unspecified atom stereocenters. The molecule has 0 fully saturated rings. The zero-order chi connectivity index (χ0) is 15.4. The van der Waals surface area contributed by atoms with Gasteiger partial charge in [0.25, 0.3) is 0 Å². The Morgan fingerprint density at radius 3 is 2.24 bits per heavy atom. The van der Waals surface area contributed by atoms with Crippen molar-refractivity contribution in [1.82, 2.24) is 5.32 Å². The first-order valence-electron chi connectivity index (χ1n) is 6.58. The predicted molar refractivity (Wildman–Crippen MR) is 82.6 cm³/mol. The topological polar surface area (TPSA) is 21.3 Å². The molecule has 21 heavy (non-hydrogen) atoms. The van der Waals surface area contributed by atoms with Crippen LogP contribution in [0.15, 0.2) is 40.9 Å². The van der Waals surface area contributed by atoms with Gasteiger partial charge in [0, 0.05) is 21.7 Å². The average molecular weight is 356 g/mol. The number of benzene rings is 2. The van der Waals surface area contributed by atoms with Gasteiger partial charge in [-0.3, -0.25) is 0 Å². The number of rotatable bonds is 5. The van der Waals surface area contributed by atoms with Gasteiger partial charge in [0.2, 0.25) is 0 Å². The van der Waals surface area contributed by atoms with Crippen LogP contribution in [0.2, 0.25) is 0 Å². The highest BCUT2D eigenvalue weighted by atomic mass is 79.9. The monoisotopic (exact) mass is 355 g/mol. The number of methoxy groups -OCH3 is 1. The summed E-state index contributed by atoms with van der Waals surface area (Å²) in [4.78, 5) is 0. The second-order valence-electron chi connectivity index (χ2n) is 4.54. The van der Waals surface area contributed by atoms with Crippen LogP contribution < -0.4 is 10.1 Å². The van der Waals surface area contributed by atoms with Crippen LogP contribution in [0, 0.1) is 11.6 Å². The molecule has 0 aromatic heterocycles. The van der Waals surface area contributed by atoms with Crippen LogP contribution >= 0.6 is 15.9 Å². The number of hydrogen-bond acceptors (Lipinski definition) is 2. The molecule has 2 nitrogen and oxygen atoms in total. The minimum absolute atomic E-state index is 0.384. The zero-order valence-corrected chi connectivity index (χ0v) is 13.4. The van der Waals surface area contributed by atoms with Crippen LogP contribution in [0.5, 0.6) is 5.75 Å². The van der Waals surface area contributed by atoms with Crippen LogP contribution in [0.4, 0.5) is 8.78 Å². The highest BCUT2D eigenvalue weighted by molar-refractivity contribution is 9.10. The lowest BCUT2D eigenvalue weighted by Gasteiger charge is -2.20. The van der Waals surface area contributed by atoms with Gasteiger partial charge in [-0.2, -0.15) is 0 Å². The summed E-state index contributed by atoms with van der Waals surface area (Å²) in [7, 11) is 1.48. The number of nitrogens with one attached hydrogen (secondary N) is 1. The van der Waals surface area contributed by atoms with E-state index < -0.39 is 11.9 Å². The first kappa shape index (κ1) is 15.9. The molecule has 112 valence electrons. The highest BCUT2D eigenvalue weighted by Gasteiger charge is 2.20. The fraction of sp³-hybridized carbons (Fsp3) is 0.250. The quantitative estimate of drug-likeness (QED) is 0.856. The smallest absolute Gasteiger partial charge is 0.132 e. The first-order valence-corrected chi connectivity index (χ1v) is 7.38. The first-order chi connectivity index (χ1) is 10.1. The lowest BCUT2D eigenvalue weighted by molar-refractivity contribution is 0.410. The molecular formula is C16H16BrF2NO. The number of ether oxygens (including phenoxy) is 1. The Bertz CT molecular complexity index is 634. The third kappa shape index (κ3) is 3.60. The Kier molecular flexibility index (Phi) is 5.31. The van der Waals surface area contributed by atoms with Gasteiger partial charge in [0.05, 0.1) is 13.2 Å². The minimum atomic E-state index is -0.547. The van der Waals surface area contributed by atoms with Gasteiger partial charge >= 0.3 is 0 Å². The summed E-state index contributed by atoms with van der Waals surface area (Å²) < 4.78 is 34.1. The summed E-state index contributed by atoms with van der Waals surface area (Å²) in [5.74, 6) is -0.379. The van der Waals surface area contributed by atoms with E-state index in [-0.39, 0.29) is 5.82 Å². The second-order valence-corrected chi connectivity index (χ2v) is 5.46. The van der Waals surface area contributed by atoms with Gasteiger partial charge < -0.3 is 10.1 Å². The maximum Gasteiger partial charge on any atom is 0.132 e. The Hall–Kier alpha value is -1.46. The molecule has 1 atom stereocenters. The second kappa shape index (κ2) is 7.00. The molecule has 0 spiro atoms. The summed E-state index contributed by atoms with van der Waals surface area (Å²) in [6.07, 6.45) is 0. The molecule has 1 N–H and O–H groups in total. The van der Waals surface area contributed by atoms with E-state index in [1.54, 1.807) is 24.3 Å². The fourth-order valence-corrected chi connectivity index (χ4v) is 2.53. The Balaban J connectivity index is 2.48. The van der Waals surface area contributed by atoms with Crippen LogP contribution in [-0.2, 0) is 0 Å². The molecule has 0 bridgehead atoms. The SMILES string of the molecule is CCNC(c1ccc(Br)cc1F)c1ccc(OC)cc1F. The lowest BCUT2D eigenvalue weighted by atomic mass is 9.97. The molecule has 2 rings (SSSR count). The Morgan fingerprint density at radius 2 is 1.71 bits per heavy atom. The molecule has 5 heteroatoms. The number of hydrogen-bond donors (Lipinski definition) is 1.